The second-order valence-electron chi connectivity index (χ2n) is 20.2. The van der Waals surface area contributed by atoms with E-state index in [2.05, 4.69) is 34.6 Å². The van der Waals surface area contributed by atoms with Crippen molar-refractivity contribution in [1.82, 2.24) is 0 Å². The molecule has 1 atom stereocenters. The fourth-order valence-corrected chi connectivity index (χ4v) is 8.52. The van der Waals surface area contributed by atoms with E-state index in [4.69, 9.17) is 14.2 Å². The molecule has 0 aliphatic rings. The average Bonchev–Trinajstić information content (AvgIpc) is 3.24. The molecule has 6 nitrogen and oxygen atoms in total. The smallest absolute Gasteiger partial charge is 0.306 e. The fourth-order valence-electron chi connectivity index (χ4n) is 8.52. The van der Waals surface area contributed by atoms with Gasteiger partial charge in [0.2, 0.25) is 0 Å². The second kappa shape index (κ2) is 48.9. The van der Waals surface area contributed by atoms with Crippen LogP contribution in [0.15, 0.2) is 0 Å². The van der Waals surface area contributed by atoms with Crippen molar-refractivity contribution in [2.45, 2.75) is 317 Å². The van der Waals surface area contributed by atoms with Gasteiger partial charge in [-0.05, 0) is 31.1 Å². The minimum atomic E-state index is -0.762. The SMILES string of the molecule is CCCCCCCCCCCCCCCC(=O)O[C@@H](COC(=O)CCCCCCCCCCCCCCCCCCCCC(C)C)COC(=O)CCCCCCCCCC(C)C. The lowest BCUT2D eigenvalue weighted by Gasteiger charge is -2.18. The molecule has 0 aliphatic carbocycles. The Morgan fingerprint density at radius 2 is 0.532 bits per heavy atom. The Morgan fingerprint density at radius 1 is 0.306 bits per heavy atom. The Balaban J connectivity index is 4.20. The molecule has 368 valence electrons. The molecular weight excluding hydrogens is 769 g/mol. The van der Waals surface area contributed by atoms with Crippen molar-refractivity contribution in [3.63, 3.8) is 0 Å². The lowest BCUT2D eigenvalue weighted by molar-refractivity contribution is -0.167. The molecule has 0 aromatic rings. The second-order valence-corrected chi connectivity index (χ2v) is 20.2. The molecule has 0 heterocycles. The van der Waals surface area contributed by atoms with Crippen molar-refractivity contribution < 1.29 is 28.6 Å². The molecule has 62 heavy (non-hydrogen) atoms. The summed E-state index contributed by atoms with van der Waals surface area (Å²) in [5, 5.41) is 0. The molecule has 0 radical (unpaired) electrons. The van der Waals surface area contributed by atoms with Gasteiger partial charge in [0.1, 0.15) is 13.2 Å². The van der Waals surface area contributed by atoms with Crippen molar-refractivity contribution in [1.29, 1.82) is 0 Å². The zero-order chi connectivity index (χ0) is 45.4. The Hall–Kier alpha value is -1.59. The van der Waals surface area contributed by atoms with Crippen LogP contribution in [0.2, 0.25) is 0 Å². The number of hydrogen-bond acceptors (Lipinski definition) is 6. The van der Waals surface area contributed by atoms with E-state index in [1.165, 1.54) is 199 Å². The Labute approximate surface area is 387 Å². The van der Waals surface area contributed by atoms with Gasteiger partial charge in [0.25, 0.3) is 0 Å². The summed E-state index contributed by atoms with van der Waals surface area (Å²) >= 11 is 0. The molecule has 0 bridgehead atoms. The topological polar surface area (TPSA) is 78.9 Å². The minimum absolute atomic E-state index is 0.0635. The van der Waals surface area contributed by atoms with Crippen LogP contribution in [0.1, 0.15) is 311 Å². The van der Waals surface area contributed by atoms with Crippen LogP contribution >= 0.6 is 0 Å². The van der Waals surface area contributed by atoms with E-state index in [1.807, 2.05) is 0 Å². The molecule has 0 aromatic heterocycles. The summed E-state index contributed by atoms with van der Waals surface area (Å²) in [5.41, 5.74) is 0. The van der Waals surface area contributed by atoms with Gasteiger partial charge >= 0.3 is 17.9 Å². The molecule has 0 saturated heterocycles. The maximum absolute atomic E-state index is 12.8. The Bertz CT molecular complexity index is 947. The largest absolute Gasteiger partial charge is 0.462 e. The molecule has 0 aliphatic heterocycles. The predicted molar refractivity (Wildman–Crippen MR) is 266 cm³/mol. The molecule has 0 spiro atoms. The monoisotopic (exact) mass is 877 g/mol. The first-order valence-corrected chi connectivity index (χ1v) is 27.7. The molecule has 0 unspecified atom stereocenters. The van der Waals surface area contributed by atoms with Gasteiger partial charge in [0.05, 0.1) is 0 Å². The minimum Gasteiger partial charge on any atom is -0.462 e. The third kappa shape index (κ3) is 49.4. The Kier molecular flexibility index (Phi) is 47.6. The highest BCUT2D eigenvalue weighted by Gasteiger charge is 2.19. The van der Waals surface area contributed by atoms with Gasteiger partial charge in [-0.1, -0.05) is 272 Å². The van der Waals surface area contributed by atoms with Crippen molar-refractivity contribution in [2.24, 2.45) is 11.8 Å². The summed E-state index contributed by atoms with van der Waals surface area (Å²) in [6.45, 7) is 11.4. The number of esters is 3. The van der Waals surface area contributed by atoms with Gasteiger partial charge in [-0.25, -0.2) is 0 Å². The van der Waals surface area contributed by atoms with E-state index in [1.54, 1.807) is 0 Å². The number of hydrogen-bond donors (Lipinski definition) is 0. The van der Waals surface area contributed by atoms with Crippen LogP contribution < -0.4 is 0 Å². The van der Waals surface area contributed by atoms with Gasteiger partial charge < -0.3 is 14.2 Å². The van der Waals surface area contributed by atoms with Crippen LogP contribution in [0.25, 0.3) is 0 Å². The standard InChI is InChI=1S/C56H108O6/c1-6-7-8-9-10-11-12-19-24-27-32-38-43-48-56(59)62-53(50-61-55(58)47-42-37-33-28-30-35-40-45-52(4)5)49-60-54(57)46-41-36-31-26-23-21-18-16-14-13-15-17-20-22-25-29-34-39-44-51(2)3/h51-53H,6-50H2,1-5H3/t53-/m0/s1. The first-order valence-electron chi connectivity index (χ1n) is 27.7. The molecule has 6 heteroatoms. The number of carbonyl (C=O) groups excluding carboxylic acids is 3. The average molecular weight is 877 g/mol. The predicted octanol–water partition coefficient (Wildman–Crippen LogP) is 18.1. The maximum atomic E-state index is 12.8. The molecule has 0 fully saturated rings. The molecule has 0 rings (SSSR count). The highest BCUT2D eigenvalue weighted by Crippen LogP contribution is 2.18. The summed E-state index contributed by atoms with van der Waals surface area (Å²) in [7, 11) is 0. The molecule has 0 aromatic carbocycles. The van der Waals surface area contributed by atoms with Gasteiger partial charge in [0.15, 0.2) is 6.10 Å². The number of rotatable bonds is 50. The van der Waals surface area contributed by atoms with Gasteiger partial charge in [-0.15, -0.1) is 0 Å². The summed E-state index contributed by atoms with van der Waals surface area (Å²) in [6.07, 6.45) is 51.1. The quantitative estimate of drug-likeness (QED) is 0.0344. The first kappa shape index (κ1) is 60.4. The van der Waals surface area contributed by atoms with E-state index >= 15 is 0 Å². The van der Waals surface area contributed by atoms with Crippen LogP contribution in [-0.4, -0.2) is 37.2 Å². The third-order valence-corrected chi connectivity index (χ3v) is 12.7. The lowest BCUT2D eigenvalue weighted by atomic mass is 10.0. The number of carbonyl (C=O) groups is 3. The van der Waals surface area contributed by atoms with Crippen molar-refractivity contribution in [2.75, 3.05) is 13.2 Å². The van der Waals surface area contributed by atoms with Gasteiger partial charge in [-0.2, -0.15) is 0 Å². The van der Waals surface area contributed by atoms with Crippen LogP contribution in [0, 0.1) is 11.8 Å². The maximum Gasteiger partial charge on any atom is 0.306 e. The summed E-state index contributed by atoms with van der Waals surface area (Å²) in [5.74, 6) is 0.794. The van der Waals surface area contributed by atoms with Crippen LogP contribution in [0.4, 0.5) is 0 Å². The lowest BCUT2D eigenvalue weighted by Crippen LogP contribution is -2.30. The van der Waals surface area contributed by atoms with E-state index in [0.29, 0.717) is 19.3 Å². The summed E-state index contributed by atoms with van der Waals surface area (Å²) in [4.78, 5) is 38.0. The zero-order valence-electron chi connectivity index (χ0n) is 42.5. The first-order chi connectivity index (χ1) is 30.2. The van der Waals surface area contributed by atoms with E-state index < -0.39 is 6.10 Å². The summed E-state index contributed by atoms with van der Waals surface area (Å²) < 4.78 is 16.8. The molecule has 0 saturated carbocycles. The Morgan fingerprint density at radius 3 is 0.790 bits per heavy atom. The highest BCUT2D eigenvalue weighted by molar-refractivity contribution is 5.71. The van der Waals surface area contributed by atoms with Gasteiger partial charge in [-0.3, -0.25) is 14.4 Å². The van der Waals surface area contributed by atoms with E-state index in [0.717, 1.165) is 69.6 Å². The number of unbranched alkanes of at least 4 members (excludes halogenated alkanes) is 35. The third-order valence-electron chi connectivity index (χ3n) is 12.7. The molecule has 0 amide bonds. The molecule has 0 N–H and O–H groups in total. The van der Waals surface area contributed by atoms with Crippen molar-refractivity contribution >= 4 is 17.9 Å². The van der Waals surface area contributed by atoms with Crippen molar-refractivity contribution in [3.05, 3.63) is 0 Å². The van der Waals surface area contributed by atoms with Crippen LogP contribution in [0.3, 0.4) is 0 Å². The number of ether oxygens (including phenoxy) is 3. The fraction of sp³-hybridized carbons (Fsp3) is 0.946. The van der Waals surface area contributed by atoms with Gasteiger partial charge in [0, 0.05) is 19.3 Å². The summed E-state index contributed by atoms with van der Waals surface area (Å²) in [6, 6.07) is 0. The zero-order valence-corrected chi connectivity index (χ0v) is 42.5. The highest BCUT2D eigenvalue weighted by atomic mass is 16.6. The van der Waals surface area contributed by atoms with E-state index in [-0.39, 0.29) is 31.1 Å². The van der Waals surface area contributed by atoms with E-state index in [9.17, 15) is 14.4 Å². The van der Waals surface area contributed by atoms with Crippen molar-refractivity contribution in [3.8, 4) is 0 Å². The normalized spacial score (nSPS) is 12.0. The van der Waals surface area contributed by atoms with Crippen LogP contribution in [0.5, 0.6) is 0 Å². The van der Waals surface area contributed by atoms with Crippen LogP contribution in [-0.2, 0) is 28.6 Å². The molecular formula is C56H108O6.